The smallest absolute Gasteiger partial charge is 0.303 e. The lowest BCUT2D eigenvalue weighted by Gasteiger charge is -2.44. The molecular weight excluding hydrogens is 508 g/mol. The summed E-state index contributed by atoms with van der Waals surface area (Å²) in [6.45, 7) is 9.30. The number of hydrogen-bond donors (Lipinski definition) is 1. The Morgan fingerprint density at radius 1 is 0.725 bits per heavy atom. The average molecular weight is 563 g/mol. The van der Waals surface area contributed by atoms with Gasteiger partial charge in [0.1, 0.15) is 0 Å². The van der Waals surface area contributed by atoms with Crippen LogP contribution in [0.2, 0.25) is 5.04 Å². The van der Waals surface area contributed by atoms with Crippen molar-refractivity contribution in [2.75, 3.05) is 0 Å². The van der Waals surface area contributed by atoms with Crippen LogP contribution in [0.3, 0.4) is 0 Å². The normalized spacial score (nSPS) is 13.3. The van der Waals surface area contributed by atoms with Crippen LogP contribution in [-0.4, -0.2) is 25.5 Å². The SMILES string of the molecule is C[C@@H](CCC/C=C\CCCCCCC/C=C\CCCC(=O)O)O[Si](c1ccccc1)(c1ccccc1)C(C)(C)C. The van der Waals surface area contributed by atoms with E-state index in [0.29, 0.717) is 0 Å². The van der Waals surface area contributed by atoms with E-state index in [1.165, 1.54) is 48.9 Å². The standard InChI is InChI=1S/C36H54O3Si/c1-32(26-20-16-14-12-10-8-6-5-7-9-11-13-15-17-25-31-35(37)38)39-40(36(2,3)4,33-27-21-18-22-28-33)34-29-23-19-24-30-34/h12-15,18-19,21-24,27-30,32H,5-11,16-17,20,25-26,31H2,1-4H3,(H,37,38)/b14-12-,15-13-/t32-/m0/s1. The van der Waals surface area contributed by atoms with Gasteiger partial charge in [-0.1, -0.05) is 125 Å². The highest BCUT2D eigenvalue weighted by molar-refractivity contribution is 6.99. The third-order valence-electron chi connectivity index (χ3n) is 7.61. The number of rotatable bonds is 20. The second kappa shape index (κ2) is 18.8. The Balaban J connectivity index is 1.68. The van der Waals surface area contributed by atoms with E-state index >= 15 is 0 Å². The Morgan fingerprint density at radius 2 is 1.15 bits per heavy atom. The van der Waals surface area contributed by atoms with E-state index in [-0.39, 0.29) is 17.6 Å². The van der Waals surface area contributed by atoms with Gasteiger partial charge in [-0.15, -0.1) is 0 Å². The van der Waals surface area contributed by atoms with E-state index in [1.807, 2.05) is 0 Å². The van der Waals surface area contributed by atoms with Crippen LogP contribution in [-0.2, 0) is 9.22 Å². The van der Waals surface area contributed by atoms with Gasteiger partial charge in [-0.2, -0.15) is 0 Å². The Bertz CT molecular complexity index is 952. The van der Waals surface area contributed by atoms with Crippen LogP contribution in [0.5, 0.6) is 0 Å². The molecule has 0 amide bonds. The number of allylic oxidation sites excluding steroid dienone is 4. The maximum atomic E-state index is 10.5. The summed E-state index contributed by atoms with van der Waals surface area (Å²) >= 11 is 0. The number of benzene rings is 2. The molecule has 0 aromatic heterocycles. The van der Waals surface area contributed by atoms with Gasteiger partial charge in [0.05, 0.1) is 0 Å². The van der Waals surface area contributed by atoms with Gasteiger partial charge in [0.2, 0.25) is 0 Å². The first kappa shape index (κ1) is 33.8. The van der Waals surface area contributed by atoms with E-state index < -0.39 is 14.3 Å². The number of carboxylic acids is 1. The second-order valence-electron chi connectivity index (χ2n) is 12.1. The largest absolute Gasteiger partial charge is 0.481 e. The van der Waals surface area contributed by atoms with Crippen molar-refractivity contribution in [3.8, 4) is 0 Å². The lowest BCUT2D eigenvalue weighted by atomic mass is 10.1. The summed E-state index contributed by atoms with van der Waals surface area (Å²) in [5, 5.41) is 11.4. The summed E-state index contributed by atoms with van der Waals surface area (Å²) in [4.78, 5) is 10.5. The summed E-state index contributed by atoms with van der Waals surface area (Å²) in [7, 11) is -2.47. The number of hydrogen-bond acceptors (Lipinski definition) is 2. The third-order valence-corrected chi connectivity index (χ3v) is 12.8. The van der Waals surface area contributed by atoms with E-state index in [2.05, 4.69) is 113 Å². The van der Waals surface area contributed by atoms with Gasteiger partial charge in [0.25, 0.3) is 8.32 Å². The highest BCUT2D eigenvalue weighted by Gasteiger charge is 2.50. The van der Waals surface area contributed by atoms with E-state index in [9.17, 15) is 4.79 Å². The lowest BCUT2D eigenvalue weighted by molar-refractivity contribution is -0.137. The molecule has 0 radical (unpaired) electrons. The molecule has 40 heavy (non-hydrogen) atoms. The Morgan fingerprint density at radius 3 is 1.60 bits per heavy atom. The van der Waals surface area contributed by atoms with Gasteiger partial charge in [-0.25, -0.2) is 0 Å². The summed E-state index contributed by atoms with van der Waals surface area (Å²) < 4.78 is 7.20. The number of carbonyl (C=O) groups is 1. The topological polar surface area (TPSA) is 46.5 Å². The average Bonchev–Trinajstić information content (AvgIpc) is 2.93. The molecule has 2 rings (SSSR count). The zero-order valence-electron chi connectivity index (χ0n) is 25.6. The van der Waals surface area contributed by atoms with Gasteiger partial charge in [-0.05, 0) is 80.1 Å². The summed E-state index contributed by atoms with van der Waals surface area (Å²) in [5.41, 5.74) is 0. The molecule has 0 bridgehead atoms. The fourth-order valence-corrected chi connectivity index (χ4v) is 10.2. The number of aliphatic carboxylic acids is 1. The molecule has 0 unspecified atom stereocenters. The van der Waals surface area contributed by atoms with Crippen molar-refractivity contribution in [2.24, 2.45) is 0 Å². The molecule has 3 nitrogen and oxygen atoms in total. The van der Waals surface area contributed by atoms with Crippen molar-refractivity contribution in [3.05, 3.63) is 85.0 Å². The maximum Gasteiger partial charge on any atom is 0.303 e. The van der Waals surface area contributed by atoms with Crippen molar-refractivity contribution in [3.63, 3.8) is 0 Å². The van der Waals surface area contributed by atoms with Crippen molar-refractivity contribution in [1.82, 2.24) is 0 Å². The minimum atomic E-state index is -2.47. The van der Waals surface area contributed by atoms with Gasteiger partial charge < -0.3 is 9.53 Å². The van der Waals surface area contributed by atoms with Crippen LogP contribution in [0.1, 0.15) is 111 Å². The second-order valence-corrected chi connectivity index (χ2v) is 16.3. The van der Waals surface area contributed by atoms with Crippen LogP contribution in [0, 0.1) is 0 Å². The third kappa shape index (κ3) is 12.0. The van der Waals surface area contributed by atoms with Crippen molar-refractivity contribution in [1.29, 1.82) is 0 Å². The Hall–Kier alpha value is -2.43. The number of unbranched alkanes of at least 4 members (excludes halogenated alkanes) is 8. The van der Waals surface area contributed by atoms with E-state index in [0.717, 1.165) is 38.5 Å². The molecule has 0 fully saturated rings. The summed E-state index contributed by atoms with van der Waals surface area (Å²) in [6, 6.07) is 21.9. The molecule has 4 heteroatoms. The molecule has 0 heterocycles. The van der Waals surface area contributed by atoms with Crippen LogP contribution >= 0.6 is 0 Å². The predicted molar refractivity (Wildman–Crippen MR) is 174 cm³/mol. The maximum absolute atomic E-state index is 10.5. The molecule has 0 aliphatic heterocycles. The molecule has 0 aliphatic carbocycles. The monoisotopic (exact) mass is 562 g/mol. The minimum absolute atomic E-state index is 0.0177. The van der Waals surface area contributed by atoms with Crippen LogP contribution < -0.4 is 10.4 Å². The molecule has 1 atom stereocenters. The first-order valence-electron chi connectivity index (χ1n) is 15.6. The molecule has 1 N–H and O–H groups in total. The molecule has 0 aliphatic rings. The van der Waals surface area contributed by atoms with Crippen molar-refractivity contribution in [2.45, 2.75) is 122 Å². The molecular formula is C36H54O3Si. The van der Waals surface area contributed by atoms with Crippen molar-refractivity contribution < 1.29 is 14.3 Å². The highest BCUT2D eigenvalue weighted by Crippen LogP contribution is 2.37. The van der Waals surface area contributed by atoms with Gasteiger partial charge in [-0.3, -0.25) is 4.79 Å². The summed E-state index contributed by atoms with van der Waals surface area (Å²) in [5.74, 6) is -0.699. The molecule has 220 valence electrons. The molecule has 0 saturated heterocycles. The first-order valence-corrected chi connectivity index (χ1v) is 17.5. The highest BCUT2D eigenvalue weighted by atomic mass is 28.4. The van der Waals surface area contributed by atoms with Gasteiger partial charge in [0.15, 0.2) is 0 Å². The van der Waals surface area contributed by atoms with Crippen molar-refractivity contribution >= 4 is 24.7 Å². The molecule has 0 saturated carbocycles. The first-order chi connectivity index (χ1) is 19.3. The fraction of sp³-hybridized carbons (Fsp3) is 0.528. The van der Waals surface area contributed by atoms with E-state index in [4.69, 9.17) is 9.53 Å². The quantitative estimate of drug-likeness (QED) is 0.0994. The zero-order chi connectivity index (χ0) is 29.1. The lowest BCUT2D eigenvalue weighted by Crippen LogP contribution is -2.67. The number of carboxylic acid groups (broad SMARTS) is 1. The zero-order valence-corrected chi connectivity index (χ0v) is 26.6. The molecule has 0 spiro atoms. The summed E-state index contributed by atoms with van der Waals surface area (Å²) in [6.07, 6.45) is 23.2. The molecule has 2 aromatic rings. The van der Waals surface area contributed by atoms with Gasteiger partial charge in [0, 0.05) is 12.5 Å². The van der Waals surface area contributed by atoms with Crippen LogP contribution in [0.25, 0.3) is 0 Å². The Kier molecular flexibility index (Phi) is 15.9. The van der Waals surface area contributed by atoms with E-state index in [1.54, 1.807) is 0 Å². The molecule has 2 aromatic carbocycles. The van der Waals surface area contributed by atoms with Crippen LogP contribution in [0.4, 0.5) is 0 Å². The van der Waals surface area contributed by atoms with Crippen LogP contribution in [0.15, 0.2) is 85.0 Å². The Labute approximate surface area is 245 Å². The predicted octanol–water partition coefficient (Wildman–Crippen LogP) is 9.22. The minimum Gasteiger partial charge on any atom is -0.481 e. The van der Waals surface area contributed by atoms with Gasteiger partial charge >= 0.3 is 5.97 Å². The fourth-order valence-electron chi connectivity index (χ4n) is 5.47.